The van der Waals surface area contributed by atoms with Gasteiger partial charge in [0.1, 0.15) is 12.1 Å². The molecule has 0 aliphatic carbocycles. The molecule has 1 aromatic heterocycles. The number of halogens is 1. The number of hydrogen-bond donors (Lipinski definition) is 1. The second-order valence-electron chi connectivity index (χ2n) is 6.74. The second-order valence-corrected chi connectivity index (χ2v) is 7.66. The Kier molecular flexibility index (Phi) is 5.43. The fraction of sp³-hybridized carbons (Fsp3) is 0.0909. The third kappa shape index (κ3) is 3.87. The smallest absolute Gasteiger partial charge is 0.335 e. The highest BCUT2D eigenvalue weighted by atomic mass is 79.9. The molecule has 4 amide bonds. The topological polar surface area (TPSA) is 97.7 Å². The Morgan fingerprint density at radius 3 is 2.52 bits per heavy atom. The molecule has 0 unspecified atom stereocenters. The van der Waals surface area contributed by atoms with Crippen LogP contribution in [0.1, 0.15) is 5.56 Å². The highest BCUT2D eigenvalue weighted by molar-refractivity contribution is 9.10. The van der Waals surface area contributed by atoms with E-state index >= 15 is 0 Å². The van der Waals surface area contributed by atoms with Crippen molar-refractivity contribution in [1.29, 1.82) is 0 Å². The van der Waals surface area contributed by atoms with E-state index in [0.717, 1.165) is 20.3 Å². The fourth-order valence-corrected chi connectivity index (χ4v) is 3.63. The zero-order valence-electron chi connectivity index (χ0n) is 16.3. The van der Waals surface area contributed by atoms with E-state index < -0.39 is 23.8 Å². The summed E-state index contributed by atoms with van der Waals surface area (Å²) in [6.07, 6.45) is 3.08. The van der Waals surface area contributed by atoms with Crippen LogP contribution in [0.2, 0.25) is 0 Å². The molecule has 1 aliphatic heterocycles. The summed E-state index contributed by atoms with van der Waals surface area (Å²) in [6, 6.07) is 13.0. The van der Waals surface area contributed by atoms with Gasteiger partial charge in [0.15, 0.2) is 0 Å². The Bertz CT molecular complexity index is 1260. The number of urea groups is 1. The molecule has 1 fully saturated rings. The number of aromatic nitrogens is 1. The lowest BCUT2D eigenvalue weighted by Crippen LogP contribution is -2.54. The number of ether oxygens (including phenoxy) is 1. The Morgan fingerprint density at radius 1 is 1.10 bits per heavy atom. The summed E-state index contributed by atoms with van der Waals surface area (Å²) in [6.45, 7) is -0.0240. The molecule has 4 rings (SSSR count). The predicted octanol–water partition coefficient (Wildman–Crippen LogP) is 3.24. The molecule has 1 aliphatic rings. The number of nitrogens with zero attached hydrogens (tertiary/aromatic N) is 2. The largest absolute Gasteiger partial charge is 0.468 e. The molecule has 8 nitrogen and oxygen atoms in total. The van der Waals surface area contributed by atoms with Crippen LogP contribution in [0.4, 0.5) is 10.5 Å². The van der Waals surface area contributed by atoms with Crippen molar-refractivity contribution in [1.82, 2.24) is 9.88 Å². The number of carbonyl (C=O) groups is 4. The molecule has 1 N–H and O–H groups in total. The molecule has 2 heterocycles. The molecular weight excluding hydrogens is 466 g/mol. The molecule has 3 aromatic rings. The van der Waals surface area contributed by atoms with E-state index in [-0.39, 0.29) is 12.1 Å². The minimum absolute atomic E-state index is 0.0240. The van der Waals surface area contributed by atoms with E-state index in [2.05, 4.69) is 21.2 Å². The van der Waals surface area contributed by atoms with Crippen LogP contribution in [-0.2, 0) is 25.7 Å². The Hall–Kier alpha value is -3.72. The van der Waals surface area contributed by atoms with Gasteiger partial charge in [0.05, 0.1) is 12.8 Å². The first-order chi connectivity index (χ1) is 14.9. The minimum atomic E-state index is -0.817. The number of amides is 4. The molecular formula is C22H16BrN3O5. The van der Waals surface area contributed by atoms with Crippen LogP contribution in [0.5, 0.6) is 0 Å². The lowest BCUT2D eigenvalue weighted by Gasteiger charge is -2.26. The van der Waals surface area contributed by atoms with Gasteiger partial charge in [-0.15, -0.1) is 0 Å². The molecule has 0 spiro atoms. The summed E-state index contributed by atoms with van der Waals surface area (Å²) in [5.74, 6) is -1.95. The quantitative estimate of drug-likeness (QED) is 0.350. The van der Waals surface area contributed by atoms with Gasteiger partial charge in [0.25, 0.3) is 11.8 Å². The van der Waals surface area contributed by atoms with E-state index in [1.165, 1.54) is 13.2 Å². The number of esters is 1. The standard InChI is InChI=1S/C22H16BrN3O5/c1-31-19(27)12-25-11-13(16-4-2-3-5-18(16)25)10-17-20(28)24-22(30)26(21(17)29)15-8-6-14(23)7-9-15/h2-11H,12H2,1H3,(H,24,28,30)/b17-10-. The molecule has 31 heavy (non-hydrogen) atoms. The van der Waals surface area contributed by atoms with Crippen LogP contribution < -0.4 is 10.2 Å². The van der Waals surface area contributed by atoms with E-state index in [1.807, 2.05) is 24.3 Å². The van der Waals surface area contributed by atoms with Crippen LogP contribution in [0.25, 0.3) is 17.0 Å². The number of methoxy groups -OCH3 is 1. The third-order valence-corrected chi connectivity index (χ3v) is 5.36. The SMILES string of the molecule is COC(=O)Cn1cc(/C=C2/C(=O)NC(=O)N(c3ccc(Br)cc3)C2=O)c2ccccc21. The summed E-state index contributed by atoms with van der Waals surface area (Å²) < 4.78 is 7.20. The summed E-state index contributed by atoms with van der Waals surface area (Å²) in [4.78, 5) is 50.6. The van der Waals surface area contributed by atoms with Crippen LogP contribution in [0, 0.1) is 0 Å². The van der Waals surface area contributed by atoms with Gasteiger partial charge in [-0.25, -0.2) is 9.69 Å². The highest BCUT2D eigenvalue weighted by Gasteiger charge is 2.37. The van der Waals surface area contributed by atoms with Crippen molar-refractivity contribution in [3.8, 4) is 0 Å². The number of benzene rings is 2. The minimum Gasteiger partial charge on any atom is -0.468 e. The molecule has 0 saturated carbocycles. The molecule has 0 radical (unpaired) electrons. The Morgan fingerprint density at radius 2 is 1.81 bits per heavy atom. The van der Waals surface area contributed by atoms with Crippen molar-refractivity contribution in [3.05, 3.63) is 70.3 Å². The molecule has 2 aromatic carbocycles. The number of barbiturate groups is 1. The van der Waals surface area contributed by atoms with Crippen LogP contribution in [0.3, 0.4) is 0 Å². The average molecular weight is 482 g/mol. The molecule has 1 saturated heterocycles. The summed E-state index contributed by atoms with van der Waals surface area (Å²) in [5.41, 5.74) is 1.44. The summed E-state index contributed by atoms with van der Waals surface area (Å²) in [7, 11) is 1.30. The monoisotopic (exact) mass is 481 g/mol. The maximum Gasteiger partial charge on any atom is 0.335 e. The number of anilines is 1. The normalized spacial score (nSPS) is 15.5. The van der Waals surface area contributed by atoms with Gasteiger partial charge < -0.3 is 9.30 Å². The number of imide groups is 2. The van der Waals surface area contributed by atoms with E-state index in [4.69, 9.17) is 4.74 Å². The number of nitrogens with one attached hydrogen (secondary N) is 1. The van der Waals surface area contributed by atoms with Crippen molar-refractivity contribution < 1.29 is 23.9 Å². The number of rotatable bonds is 4. The van der Waals surface area contributed by atoms with Crippen molar-refractivity contribution in [2.45, 2.75) is 6.54 Å². The van der Waals surface area contributed by atoms with Crippen molar-refractivity contribution in [2.24, 2.45) is 0 Å². The lowest BCUT2D eigenvalue weighted by molar-refractivity contribution is -0.141. The first-order valence-electron chi connectivity index (χ1n) is 9.21. The van der Waals surface area contributed by atoms with Gasteiger partial charge in [-0.2, -0.15) is 0 Å². The highest BCUT2D eigenvalue weighted by Crippen LogP contribution is 2.27. The van der Waals surface area contributed by atoms with Crippen molar-refractivity contribution >= 4 is 62.4 Å². The number of fused-ring (bicyclic) bond motifs is 1. The summed E-state index contributed by atoms with van der Waals surface area (Å²) in [5, 5.41) is 2.95. The van der Waals surface area contributed by atoms with Gasteiger partial charge in [-0.1, -0.05) is 34.1 Å². The average Bonchev–Trinajstić information content (AvgIpc) is 3.09. The van der Waals surface area contributed by atoms with E-state index in [9.17, 15) is 19.2 Å². The third-order valence-electron chi connectivity index (χ3n) is 4.83. The maximum atomic E-state index is 13.1. The summed E-state index contributed by atoms with van der Waals surface area (Å²) >= 11 is 3.31. The zero-order chi connectivity index (χ0) is 22.1. The lowest BCUT2D eigenvalue weighted by atomic mass is 10.1. The van der Waals surface area contributed by atoms with Gasteiger partial charge in [-0.3, -0.25) is 19.7 Å². The Labute approximate surface area is 185 Å². The van der Waals surface area contributed by atoms with Gasteiger partial charge >= 0.3 is 12.0 Å². The number of para-hydroxylation sites is 1. The maximum absolute atomic E-state index is 13.1. The van der Waals surface area contributed by atoms with Crippen molar-refractivity contribution in [3.63, 3.8) is 0 Å². The number of carbonyl (C=O) groups excluding carboxylic acids is 4. The van der Waals surface area contributed by atoms with Crippen LogP contribution in [-0.4, -0.2) is 35.5 Å². The van der Waals surface area contributed by atoms with Gasteiger partial charge in [-0.05, 0) is 36.4 Å². The van der Waals surface area contributed by atoms with Crippen LogP contribution in [0.15, 0.2) is 64.8 Å². The molecule has 9 heteroatoms. The molecule has 0 atom stereocenters. The van der Waals surface area contributed by atoms with Crippen LogP contribution >= 0.6 is 15.9 Å². The van der Waals surface area contributed by atoms with Crippen molar-refractivity contribution in [2.75, 3.05) is 12.0 Å². The fourth-order valence-electron chi connectivity index (χ4n) is 3.36. The van der Waals surface area contributed by atoms with Gasteiger partial charge in [0, 0.05) is 27.1 Å². The van der Waals surface area contributed by atoms with Gasteiger partial charge in [0.2, 0.25) is 0 Å². The predicted molar refractivity (Wildman–Crippen MR) is 117 cm³/mol. The van der Waals surface area contributed by atoms with E-state index in [1.54, 1.807) is 35.0 Å². The number of hydrogen-bond acceptors (Lipinski definition) is 5. The first-order valence-corrected chi connectivity index (χ1v) is 10.00. The Balaban J connectivity index is 1.78. The first kappa shape index (κ1) is 20.5. The second kappa shape index (κ2) is 8.19. The molecule has 0 bridgehead atoms. The zero-order valence-corrected chi connectivity index (χ0v) is 17.9. The van der Waals surface area contributed by atoms with E-state index in [0.29, 0.717) is 11.3 Å². The molecule has 156 valence electrons.